The third-order valence-electron chi connectivity index (χ3n) is 1.98. The summed E-state index contributed by atoms with van der Waals surface area (Å²) in [6.07, 6.45) is 0. The van der Waals surface area contributed by atoms with E-state index in [2.05, 4.69) is 9.97 Å². The largest absolute Gasteiger partial charge is 0.301 e. The number of halogens is 2. The highest BCUT2D eigenvalue weighted by Crippen LogP contribution is 2.22. The van der Waals surface area contributed by atoms with Gasteiger partial charge in [-0.3, -0.25) is 4.79 Å². The average molecular weight is 321 g/mol. The van der Waals surface area contributed by atoms with E-state index in [9.17, 15) is 4.79 Å². The fourth-order valence-corrected chi connectivity index (χ4v) is 2.02. The van der Waals surface area contributed by atoms with Crippen molar-refractivity contribution in [2.45, 2.75) is 6.92 Å². The predicted octanol–water partition coefficient (Wildman–Crippen LogP) is 2.49. The Balaban J connectivity index is 3.03. The van der Waals surface area contributed by atoms with Crippen molar-refractivity contribution in [1.29, 1.82) is 0 Å². The number of aryl methyl sites for hydroxylation is 1. The number of fused-ring (bicyclic) bond motifs is 1. The van der Waals surface area contributed by atoms with Gasteiger partial charge in [0, 0.05) is 0 Å². The lowest BCUT2D eigenvalue weighted by atomic mass is 10.2. The highest BCUT2D eigenvalue weighted by Gasteiger charge is 2.07. The molecule has 1 aromatic heterocycles. The second-order valence-electron chi connectivity index (χ2n) is 2.95. The first-order chi connectivity index (χ1) is 6.59. The molecule has 0 saturated carbocycles. The van der Waals surface area contributed by atoms with E-state index in [1.807, 2.05) is 35.6 Å². The molecule has 5 heteroatoms. The maximum absolute atomic E-state index is 11.6. The molecule has 2 aromatic rings. The molecule has 0 radical (unpaired) electrons. The number of H-pyrrole nitrogens is 1. The average Bonchev–Trinajstić information content (AvgIpc) is 2.10. The van der Waals surface area contributed by atoms with Crippen LogP contribution in [0.1, 0.15) is 5.56 Å². The van der Waals surface area contributed by atoms with Crippen LogP contribution < -0.4 is 5.56 Å². The fourth-order valence-electron chi connectivity index (χ4n) is 1.27. The third kappa shape index (κ3) is 1.52. The molecular formula is C9H6ClIN2O. The van der Waals surface area contributed by atoms with Crippen LogP contribution in [-0.2, 0) is 0 Å². The Morgan fingerprint density at radius 2 is 2.21 bits per heavy atom. The standard InChI is InChI=1S/C9H6ClIN2O/c1-4-2-3-5-6(7(4)10)8(14)13-9(11)12-5/h2-3H,1H3,(H,12,13,14). The molecule has 0 spiro atoms. The summed E-state index contributed by atoms with van der Waals surface area (Å²) in [5.41, 5.74) is 1.33. The first kappa shape index (κ1) is 9.92. The maximum atomic E-state index is 11.6. The van der Waals surface area contributed by atoms with Crippen LogP contribution in [0.4, 0.5) is 0 Å². The molecule has 0 aliphatic rings. The van der Waals surface area contributed by atoms with E-state index in [0.29, 0.717) is 19.8 Å². The fraction of sp³-hybridized carbons (Fsp3) is 0.111. The van der Waals surface area contributed by atoms with E-state index in [0.717, 1.165) is 5.56 Å². The van der Waals surface area contributed by atoms with Crippen molar-refractivity contribution in [3.05, 3.63) is 36.9 Å². The van der Waals surface area contributed by atoms with E-state index in [1.54, 1.807) is 6.07 Å². The van der Waals surface area contributed by atoms with Crippen LogP contribution in [-0.4, -0.2) is 9.97 Å². The van der Waals surface area contributed by atoms with Crippen LogP contribution in [0.5, 0.6) is 0 Å². The molecule has 0 aliphatic carbocycles. The number of nitrogens with one attached hydrogen (secondary N) is 1. The Bertz CT molecular complexity index is 564. The summed E-state index contributed by atoms with van der Waals surface area (Å²) in [4.78, 5) is 18.4. The second-order valence-corrected chi connectivity index (χ2v) is 4.35. The van der Waals surface area contributed by atoms with E-state index < -0.39 is 0 Å². The van der Waals surface area contributed by atoms with Gasteiger partial charge < -0.3 is 4.98 Å². The zero-order valence-electron chi connectivity index (χ0n) is 7.27. The van der Waals surface area contributed by atoms with Gasteiger partial charge in [0.15, 0.2) is 3.83 Å². The van der Waals surface area contributed by atoms with Crippen LogP contribution in [0.15, 0.2) is 16.9 Å². The first-order valence-corrected chi connectivity index (χ1v) is 5.40. The SMILES string of the molecule is Cc1ccc2nc(I)[nH]c(=O)c2c1Cl. The predicted molar refractivity (Wildman–Crippen MR) is 64.8 cm³/mol. The normalized spacial score (nSPS) is 10.8. The Morgan fingerprint density at radius 3 is 2.93 bits per heavy atom. The van der Waals surface area contributed by atoms with Crippen LogP contribution >= 0.6 is 34.2 Å². The van der Waals surface area contributed by atoms with Gasteiger partial charge in [-0.1, -0.05) is 17.7 Å². The lowest BCUT2D eigenvalue weighted by molar-refractivity contribution is 1.11. The van der Waals surface area contributed by atoms with Crippen molar-refractivity contribution in [3.63, 3.8) is 0 Å². The minimum atomic E-state index is -0.187. The number of benzene rings is 1. The number of rotatable bonds is 0. The number of aromatic nitrogens is 2. The monoisotopic (exact) mass is 320 g/mol. The highest BCUT2D eigenvalue weighted by molar-refractivity contribution is 14.1. The smallest absolute Gasteiger partial charge is 0.260 e. The molecular weight excluding hydrogens is 314 g/mol. The highest BCUT2D eigenvalue weighted by atomic mass is 127. The zero-order valence-corrected chi connectivity index (χ0v) is 10.2. The summed E-state index contributed by atoms with van der Waals surface area (Å²) < 4.78 is 0.569. The Kier molecular flexibility index (Phi) is 2.48. The Labute approximate surface area is 98.6 Å². The van der Waals surface area contributed by atoms with E-state index >= 15 is 0 Å². The molecule has 1 N–H and O–H groups in total. The molecule has 72 valence electrons. The van der Waals surface area contributed by atoms with Crippen LogP contribution in [0, 0.1) is 10.8 Å². The minimum Gasteiger partial charge on any atom is -0.301 e. The molecule has 3 nitrogen and oxygen atoms in total. The van der Waals surface area contributed by atoms with Crippen molar-refractivity contribution in [1.82, 2.24) is 9.97 Å². The molecule has 0 unspecified atom stereocenters. The van der Waals surface area contributed by atoms with Crippen molar-refractivity contribution in [3.8, 4) is 0 Å². The summed E-state index contributed by atoms with van der Waals surface area (Å²) in [6, 6.07) is 3.65. The number of hydrogen-bond donors (Lipinski definition) is 1. The summed E-state index contributed by atoms with van der Waals surface area (Å²) in [7, 11) is 0. The molecule has 1 aromatic carbocycles. The molecule has 0 bridgehead atoms. The number of aromatic amines is 1. The zero-order chi connectivity index (χ0) is 10.3. The second kappa shape index (κ2) is 3.51. The van der Waals surface area contributed by atoms with Gasteiger partial charge in [-0.15, -0.1) is 0 Å². The van der Waals surface area contributed by atoms with Gasteiger partial charge in [0.1, 0.15) is 0 Å². The summed E-state index contributed by atoms with van der Waals surface area (Å²) in [6.45, 7) is 1.86. The Morgan fingerprint density at radius 1 is 1.50 bits per heavy atom. The van der Waals surface area contributed by atoms with Gasteiger partial charge in [-0.05, 0) is 41.1 Å². The quantitative estimate of drug-likeness (QED) is 0.599. The molecule has 0 amide bonds. The molecule has 2 rings (SSSR count). The van der Waals surface area contributed by atoms with Gasteiger partial charge in [-0.25, -0.2) is 4.98 Å². The molecule has 0 atom stereocenters. The lowest BCUT2D eigenvalue weighted by Gasteiger charge is -2.02. The molecule has 0 aliphatic heterocycles. The molecule has 0 fully saturated rings. The van der Waals surface area contributed by atoms with Crippen molar-refractivity contribution >= 4 is 45.1 Å². The Hall–Kier alpha value is -0.620. The van der Waals surface area contributed by atoms with Crippen molar-refractivity contribution in [2.75, 3.05) is 0 Å². The van der Waals surface area contributed by atoms with E-state index in [1.165, 1.54) is 0 Å². The minimum absolute atomic E-state index is 0.187. The van der Waals surface area contributed by atoms with Gasteiger partial charge in [0.25, 0.3) is 5.56 Å². The van der Waals surface area contributed by atoms with Crippen LogP contribution in [0.25, 0.3) is 10.9 Å². The summed E-state index contributed by atoms with van der Waals surface area (Å²) >= 11 is 7.99. The molecule has 1 heterocycles. The number of hydrogen-bond acceptors (Lipinski definition) is 2. The third-order valence-corrected chi connectivity index (χ3v) is 2.97. The molecule has 0 saturated heterocycles. The topological polar surface area (TPSA) is 45.8 Å². The van der Waals surface area contributed by atoms with Crippen molar-refractivity contribution in [2.24, 2.45) is 0 Å². The lowest BCUT2D eigenvalue weighted by Crippen LogP contribution is -2.10. The molecule has 14 heavy (non-hydrogen) atoms. The summed E-state index contributed by atoms with van der Waals surface area (Å²) in [5, 5.41) is 0.944. The van der Waals surface area contributed by atoms with Gasteiger partial charge >= 0.3 is 0 Å². The van der Waals surface area contributed by atoms with Gasteiger partial charge in [0.05, 0.1) is 15.9 Å². The van der Waals surface area contributed by atoms with Crippen LogP contribution in [0.3, 0.4) is 0 Å². The van der Waals surface area contributed by atoms with Gasteiger partial charge in [-0.2, -0.15) is 0 Å². The van der Waals surface area contributed by atoms with E-state index in [4.69, 9.17) is 11.6 Å². The van der Waals surface area contributed by atoms with Crippen molar-refractivity contribution < 1.29 is 0 Å². The van der Waals surface area contributed by atoms with E-state index in [-0.39, 0.29) is 5.56 Å². The van der Waals surface area contributed by atoms with Crippen LogP contribution in [0.2, 0.25) is 5.02 Å². The maximum Gasteiger partial charge on any atom is 0.260 e. The first-order valence-electron chi connectivity index (χ1n) is 3.94. The summed E-state index contributed by atoms with van der Waals surface area (Å²) in [5.74, 6) is 0. The van der Waals surface area contributed by atoms with Gasteiger partial charge in [0.2, 0.25) is 0 Å². The number of nitrogens with zero attached hydrogens (tertiary/aromatic N) is 1.